The summed E-state index contributed by atoms with van der Waals surface area (Å²) in [4.78, 5) is 10.7. The van der Waals surface area contributed by atoms with Gasteiger partial charge in [-0.2, -0.15) is 5.10 Å². The SMILES string of the molecule is Cn1c(COc2ccc(C(=O)O)cc2)n[nH]c1=S. The van der Waals surface area contributed by atoms with Crippen LogP contribution in [0, 0.1) is 4.77 Å². The molecule has 0 amide bonds. The number of nitrogens with one attached hydrogen (secondary N) is 1. The highest BCUT2D eigenvalue weighted by molar-refractivity contribution is 7.71. The van der Waals surface area contributed by atoms with Gasteiger partial charge in [0, 0.05) is 7.05 Å². The Balaban J connectivity index is 2.04. The van der Waals surface area contributed by atoms with Crippen LogP contribution in [0.2, 0.25) is 0 Å². The quantitative estimate of drug-likeness (QED) is 0.823. The van der Waals surface area contributed by atoms with Crippen LogP contribution in [0.3, 0.4) is 0 Å². The molecule has 0 aliphatic heterocycles. The van der Waals surface area contributed by atoms with Crippen molar-refractivity contribution in [2.45, 2.75) is 6.61 Å². The number of carbonyl (C=O) groups is 1. The van der Waals surface area contributed by atoms with Crippen LogP contribution in [0.4, 0.5) is 0 Å². The molecule has 0 aliphatic carbocycles. The Kier molecular flexibility index (Phi) is 3.42. The highest BCUT2D eigenvalue weighted by atomic mass is 32.1. The number of H-pyrrole nitrogens is 1. The minimum atomic E-state index is -0.962. The van der Waals surface area contributed by atoms with E-state index in [-0.39, 0.29) is 12.2 Å². The number of aromatic nitrogens is 3. The summed E-state index contributed by atoms with van der Waals surface area (Å²) in [6, 6.07) is 6.18. The van der Waals surface area contributed by atoms with Gasteiger partial charge in [-0.05, 0) is 36.5 Å². The fourth-order valence-corrected chi connectivity index (χ4v) is 1.50. The molecule has 1 heterocycles. The first-order valence-electron chi connectivity index (χ1n) is 5.14. The van der Waals surface area contributed by atoms with Gasteiger partial charge in [0.2, 0.25) is 0 Å². The first kappa shape index (κ1) is 12.3. The Morgan fingerprint density at radius 1 is 1.50 bits per heavy atom. The number of benzene rings is 1. The molecule has 2 N–H and O–H groups in total. The van der Waals surface area contributed by atoms with Crippen molar-refractivity contribution in [2.24, 2.45) is 7.05 Å². The Morgan fingerprint density at radius 3 is 2.67 bits per heavy atom. The van der Waals surface area contributed by atoms with Crippen molar-refractivity contribution in [3.05, 3.63) is 40.4 Å². The summed E-state index contributed by atoms with van der Waals surface area (Å²) in [5.41, 5.74) is 0.223. The molecule has 0 spiro atoms. The van der Waals surface area contributed by atoms with Gasteiger partial charge in [0.05, 0.1) is 5.56 Å². The standard InChI is InChI=1S/C11H11N3O3S/c1-14-9(12-13-11(14)18)6-17-8-4-2-7(3-5-8)10(15)16/h2-5H,6H2,1H3,(H,13,18)(H,15,16). The predicted molar refractivity (Wildman–Crippen MR) is 66.1 cm³/mol. The van der Waals surface area contributed by atoms with E-state index in [1.807, 2.05) is 0 Å². The lowest BCUT2D eigenvalue weighted by Gasteiger charge is -2.05. The summed E-state index contributed by atoms with van der Waals surface area (Å²) < 4.78 is 7.71. The molecule has 0 saturated heterocycles. The van der Waals surface area contributed by atoms with Gasteiger partial charge in [-0.15, -0.1) is 0 Å². The normalized spacial score (nSPS) is 10.3. The number of ether oxygens (including phenoxy) is 1. The van der Waals surface area contributed by atoms with Gasteiger partial charge in [0.25, 0.3) is 0 Å². The molecule has 94 valence electrons. The molecule has 1 aromatic heterocycles. The minimum absolute atomic E-state index is 0.223. The average Bonchev–Trinajstić information content (AvgIpc) is 2.68. The summed E-state index contributed by atoms with van der Waals surface area (Å²) in [7, 11) is 1.79. The topological polar surface area (TPSA) is 80.1 Å². The van der Waals surface area contributed by atoms with E-state index in [0.29, 0.717) is 16.3 Å². The van der Waals surface area contributed by atoms with Crippen molar-refractivity contribution >= 4 is 18.2 Å². The Hall–Kier alpha value is -2.15. The van der Waals surface area contributed by atoms with E-state index >= 15 is 0 Å². The molecule has 2 aromatic rings. The molecular weight excluding hydrogens is 254 g/mol. The highest BCUT2D eigenvalue weighted by Gasteiger charge is 2.05. The summed E-state index contributed by atoms with van der Waals surface area (Å²) >= 11 is 4.97. The van der Waals surface area contributed by atoms with Crippen LogP contribution in [0.5, 0.6) is 5.75 Å². The molecular formula is C11H11N3O3S. The second kappa shape index (κ2) is 5.01. The summed E-state index contributed by atoms with van der Waals surface area (Å²) in [6.07, 6.45) is 0. The zero-order valence-corrected chi connectivity index (χ0v) is 10.4. The monoisotopic (exact) mass is 265 g/mol. The maximum absolute atomic E-state index is 10.7. The van der Waals surface area contributed by atoms with E-state index in [4.69, 9.17) is 22.1 Å². The highest BCUT2D eigenvalue weighted by Crippen LogP contribution is 2.13. The second-order valence-corrected chi connectivity index (χ2v) is 4.01. The minimum Gasteiger partial charge on any atom is -0.486 e. The Bertz CT molecular complexity index is 615. The molecule has 0 aliphatic rings. The van der Waals surface area contributed by atoms with Crippen molar-refractivity contribution < 1.29 is 14.6 Å². The first-order valence-corrected chi connectivity index (χ1v) is 5.55. The molecule has 2 rings (SSSR count). The van der Waals surface area contributed by atoms with Gasteiger partial charge in [-0.3, -0.25) is 5.10 Å². The molecule has 0 fully saturated rings. The summed E-state index contributed by atoms with van der Waals surface area (Å²) in [6.45, 7) is 0.260. The van der Waals surface area contributed by atoms with Gasteiger partial charge >= 0.3 is 5.97 Å². The third-order valence-corrected chi connectivity index (χ3v) is 2.81. The van der Waals surface area contributed by atoms with Crippen LogP contribution in [0.15, 0.2) is 24.3 Å². The van der Waals surface area contributed by atoms with Gasteiger partial charge in [0.1, 0.15) is 12.4 Å². The van der Waals surface area contributed by atoms with E-state index in [0.717, 1.165) is 0 Å². The van der Waals surface area contributed by atoms with Gasteiger partial charge < -0.3 is 14.4 Å². The van der Waals surface area contributed by atoms with Gasteiger partial charge in [-0.25, -0.2) is 4.79 Å². The molecule has 18 heavy (non-hydrogen) atoms. The summed E-state index contributed by atoms with van der Waals surface area (Å²) in [5, 5.41) is 15.4. The third kappa shape index (κ3) is 2.57. The molecule has 6 nitrogen and oxygen atoms in total. The van der Waals surface area contributed by atoms with E-state index in [9.17, 15) is 4.79 Å². The molecule has 1 aromatic carbocycles. The van der Waals surface area contributed by atoms with Crippen LogP contribution in [-0.2, 0) is 13.7 Å². The third-order valence-electron chi connectivity index (χ3n) is 2.44. The van der Waals surface area contributed by atoms with Crippen molar-refractivity contribution in [2.75, 3.05) is 0 Å². The fraction of sp³-hybridized carbons (Fsp3) is 0.182. The zero-order valence-electron chi connectivity index (χ0n) is 9.58. The number of hydrogen-bond donors (Lipinski definition) is 2. The van der Waals surface area contributed by atoms with Crippen LogP contribution >= 0.6 is 12.2 Å². The number of carboxylic acid groups (broad SMARTS) is 1. The lowest BCUT2D eigenvalue weighted by molar-refractivity contribution is 0.0697. The molecule has 0 bridgehead atoms. The number of aromatic amines is 1. The number of rotatable bonds is 4. The van der Waals surface area contributed by atoms with Gasteiger partial charge in [0.15, 0.2) is 10.6 Å². The maximum atomic E-state index is 10.7. The van der Waals surface area contributed by atoms with Crippen molar-refractivity contribution in [3.8, 4) is 5.75 Å². The Morgan fingerprint density at radius 2 is 2.17 bits per heavy atom. The van der Waals surface area contributed by atoms with Crippen LogP contribution in [0.1, 0.15) is 16.2 Å². The lowest BCUT2D eigenvalue weighted by Crippen LogP contribution is -2.04. The Labute approximate surface area is 108 Å². The first-order chi connectivity index (χ1) is 8.58. The smallest absolute Gasteiger partial charge is 0.335 e. The zero-order chi connectivity index (χ0) is 13.1. The van der Waals surface area contributed by atoms with Crippen LogP contribution in [0.25, 0.3) is 0 Å². The fourth-order valence-electron chi connectivity index (χ4n) is 1.35. The van der Waals surface area contributed by atoms with E-state index < -0.39 is 5.97 Å². The molecule has 7 heteroatoms. The molecule has 0 unspecified atom stereocenters. The largest absolute Gasteiger partial charge is 0.486 e. The number of nitrogens with zero attached hydrogens (tertiary/aromatic N) is 2. The second-order valence-electron chi connectivity index (χ2n) is 3.62. The molecule has 0 saturated carbocycles. The van der Waals surface area contributed by atoms with E-state index in [1.54, 1.807) is 23.7 Å². The van der Waals surface area contributed by atoms with Crippen molar-refractivity contribution in [1.82, 2.24) is 14.8 Å². The van der Waals surface area contributed by atoms with Gasteiger partial charge in [-0.1, -0.05) is 0 Å². The van der Waals surface area contributed by atoms with E-state index in [2.05, 4.69) is 10.2 Å². The predicted octanol–water partition coefficient (Wildman–Crippen LogP) is 1.75. The van der Waals surface area contributed by atoms with Crippen molar-refractivity contribution in [3.63, 3.8) is 0 Å². The molecule has 0 atom stereocenters. The number of carboxylic acids is 1. The maximum Gasteiger partial charge on any atom is 0.335 e. The lowest BCUT2D eigenvalue weighted by atomic mass is 10.2. The van der Waals surface area contributed by atoms with E-state index in [1.165, 1.54) is 12.1 Å². The molecule has 0 radical (unpaired) electrons. The summed E-state index contributed by atoms with van der Waals surface area (Å²) in [5.74, 6) is 0.284. The van der Waals surface area contributed by atoms with Crippen LogP contribution < -0.4 is 4.74 Å². The van der Waals surface area contributed by atoms with Crippen molar-refractivity contribution in [1.29, 1.82) is 0 Å². The number of hydrogen-bond acceptors (Lipinski definition) is 4. The number of aromatic carboxylic acids is 1. The average molecular weight is 265 g/mol. The van der Waals surface area contributed by atoms with Crippen LogP contribution in [-0.4, -0.2) is 25.8 Å².